The first-order chi connectivity index (χ1) is 8.58. The lowest BCUT2D eigenvalue weighted by atomic mass is 9.91. The van der Waals surface area contributed by atoms with E-state index in [1.54, 1.807) is 0 Å². The van der Waals surface area contributed by atoms with Gasteiger partial charge in [-0.15, -0.1) is 0 Å². The van der Waals surface area contributed by atoms with E-state index in [0.717, 1.165) is 0 Å². The molecule has 0 aromatic heterocycles. The lowest BCUT2D eigenvalue weighted by molar-refractivity contribution is -0.152. The van der Waals surface area contributed by atoms with E-state index in [0.29, 0.717) is 5.56 Å². The Labute approximate surface area is 100 Å². The van der Waals surface area contributed by atoms with Crippen molar-refractivity contribution >= 4 is 23.9 Å². The normalized spacial score (nSPS) is 21.9. The molecule has 0 amide bonds. The van der Waals surface area contributed by atoms with Gasteiger partial charge in [0.2, 0.25) is 0 Å². The third-order valence-corrected chi connectivity index (χ3v) is 2.95. The van der Waals surface area contributed by atoms with Gasteiger partial charge in [0.25, 0.3) is 0 Å². The van der Waals surface area contributed by atoms with Crippen molar-refractivity contribution < 1.29 is 28.7 Å². The van der Waals surface area contributed by atoms with Gasteiger partial charge in [0.1, 0.15) is 0 Å². The summed E-state index contributed by atoms with van der Waals surface area (Å²) in [6.45, 7) is 0. The Balaban J connectivity index is 2.15. The van der Waals surface area contributed by atoms with Crippen LogP contribution in [0.1, 0.15) is 38.6 Å². The highest BCUT2D eigenvalue weighted by atomic mass is 16.6. The second-order valence-corrected chi connectivity index (χ2v) is 4.00. The standard InChI is InChI=1S/C12H6O6/c13-8-4-7(11(15)17-8)5-2-1-3-6-9(5)12(16)18-10(6)14/h1-3,7H,4H2. The summed E-state index contributed by atoms with van der Waals surface area (Å²) >= 11 is 0. The van der Waals surface area contributed by atoms with E-state index in [1.807, 2.05) is 0 Å². The van der Waals surface area contributed by atoms with Crippen molar-refractivity contribution in [2.75, 3.05) is 0 Å². The van der Waals surface area contributed by atoms with Crippen LogP contribution in [-0.2, 0) is 19.1 Å². The monoisotopic (exact) mass is 246 g/mol. The molecule has 2 heterocycles. The third kappa shape index (κ3) is 1.35. The maximum absolute atomic E-state index is 11.6. The zero-order chi connectivity index (χ0) is 12.9. The number of hydrogen-bond donors (Lipinski definition) is 0. The van der Waals surface area contributed by atoms with Gasteiger partial charge in [0, 0.05) is 0 Å². The fraction of sp³-hybridized carbons (Fsp3) is 0.167. The predicted octanol–water partition coefficient (Wildman–Crippen LogP) is 0.554. The second kappa shape index (κ2) is 3.49. The zero-order valence-electron chi connectivity index (χ0n) is 8.97. The highest BCUT2D eigenvalue weighted by Gasteiger charge is 2.41. The van der Waals surface area contributed by atoms with E-state index in [-0.39, 0.29) is 17.5 Å². The molecule has 18 heavy (non-hydrogen) atoms. The van der Waals surface area contributed by atoms with Crippen molar-refractivity contribution in [1.82, 2.24) is 0 Å². The summed E-state index contributed by atoms with van der Waals surface area (Å²) in [5.41, 5.74) is 0.475. The number of carbonyl (C=O) groups excluding carboxylic acids is 4. The highest BCUT2D eigenvalue weighted by molar-refractivity contribution is 6.16. The summed E-state index contributed by atoms with van der Waals surface area (Å²) in [7, 11) is 0. The van der Waals surface area contributed by atoms with E-state index in [2.05, 4.69) is 9.47 Å². The minimum absolute atomic E-state index is 0.0548. The fourth-order valence-corrected chi connectivity index (χ4v) is 2.16. The highest BCUT2D eigenvalue weighted by Crippen LogP contribution is 2.34. The molecule has 2 aliphatic rings. The van der Waals surface area contributed by atoms with Gasteiger partial charge < -0.3 is 9.47 Å². The number of hydrogen-bond acceptors (Lipinski definition) is 6. The molecule has 0 spiro atoms. The number of rotatable bonds is 1. The van der Waals surface area contributed by atoms with Crippen LogP contribution in [0.15, 0.2) is 18.2 Å². The Hall–Kier alpha value is -2.50. The Morgan fingerprint density at radius 1 is 1.00 bits per heavy atom. The minimum Gasteiger partial charge on any atom is -0.393 e. The smallest absolute Gasteiger partial charge is 0.347 e. The number of ether oxygens (including phenoxy) is 2. The first-order valence-corrected chi connectivity index (χ1v) is 5.22. The quantitative estimate of drug-likeness (QED) is 0.531. The molecule has 1 atom stereocenters. The molecular formula is C12H6O6. The van der Waals surface area contributed by atoms with Crippen LogP contribution in [0.3, 0.4) is 0 Å². The molecule has 0 saturated carbocycles. The van der Waals surface area contributed by atoms with Gasteiger partial charge in [0.15, 0.2) is 0 Å². The van der Waals surface area contributed by atoms with Crippen LogP contribution in [-0.4, -0.2) is 23.9 Å². The van der Waals surface area contributed by atoms with Crippen LogP contribution in [0.5, 0.6) is 0 Å². The van der Waals surface area contributed by atoms with Crippen LogP contribution in [0.25, 0.3) is 0 Å². The molecule has 6 nitrogen and oxygen atoms in total. The predicted molar refractivity (Wildman–Crippen MR) is 54.6 cm³/mol. The number of carbonyl (C=O) groups is 4. The molecule has 1 saturated heterocycles. The molecule has 90 valence electrons. The summed E-state index contributed by atoms with van der Waals surface area (Å²) in [4.78, 5) is 45.5. The number of benzene rings is 1. The summed E-state index contributed by atoms with van der Waals surface area (Å²) in [6.07, 6.45) is -0.128. The maximum Gasteiger partial charge on any atom is 0.347 e. The molecule has 1 fully saturated rings. The lowest BCUT2D eigenvalue weighted by Crippen LogP contribution is -2.10. The Bertz CT molecular complexity index is 615. The number of fused-ring (bicyclic) bond motifs is 1. The molecule has 6 heteroatoms. The van der Waals surface area contributed by atoms with Gasteiger partial charge in [-0.1, -0.05) is 12.1 Å². The molecule has 0 bridgehead atoms. The zero-order valence-corrected chi connectivity index (χ0v) is 8.97. The molecule has 1 aromatic rings. The Morgan fingerprint density at radius 2 is 1.78 bits per heavy atom. The summed E-state index contributed by atoms with van der Waals surface area (Å²) in [5, 5.41) is 0. The molecule has 3 rings (SSSR count). The van der Waals surface area contributed by atoms with Crippen molar-refractivity contribution in [2.45, 2.75) is 12.3 Å². The molecule has 0 radical (unpaired) electrons. The van der Waals surface area contributed by atoms with Gasteiger partial charge in [-0.3, -0.25) is 9.59 Å². The average molecular weight is 246 g/mol. The van der Waals surface area contributed by atoms with Crippen molar-refractivity contribution in [3.63, 3.8) is 0 Å². The molecule has 0 N–H and O–H groups in total. The minimum atomic E-state index is -0.842. The van der Waals surface area contributed by atoms with Crippen molar-refractivity contribution in [3.05, 3.63) is 34.9 Å². The number of cyclic esters (lactones) is 4. The van der Waals surface area contributed by atoms with Crippen LogP contribution in [0.2, 0.25) is 0 Å². The van der Waals surface area contributed by atoms with Crippen LogP contribution in [0, 0.1) is 0 Å². The Morgan fingerprint density at radius 3 is 2.44 bits per heavy atom. The van der Waals surface area contributed by atoms with E-state index < -0.39 is 29.8 Å². The van der Waals surface area contributed by atoms with E-state index in [4.69, 9.17) is 0 Å². The molecule has 2 aliphatic heterocycles. The largest absolute Gasteiger partial charge is 0.393 e. The topological polar surface area (TPSA) is 86.7 Å². The van der Waals surface area contributed by atoms with Gasteiger partial charge in [-0.25, -0.2) is 9.59 Å². The third-order valence-electron chi connectivity index (χ3n) is 2.95. The fourth-order valence-electron chi connectivity index (χ4n) is 2.16. The van der Waals surface area contributed by atoms with Gasteiger partial charge >= 0.3 is 23.9 Å². The molecule has 0 aliphatic carbocycles. The van der Waals surface area contributed by atoms with Crippen molar-refractivity contribution in [1.29, 1.82) is 0 Å². The summed E-state index contributed by atoms with van der Waals surface area (Å²) in [6, 6.07) is 4.49. The molecule has 1 unspecified atom stereocenters. The van der Waals surface area contributed by atoms with E-state index in [1.165, 1.54) is 18.2 Å². The Kier molecular flexibility index (Phi) is 2.07. The van der Waals surface area contributed by atoms with Crippen LogP contribution >= 0.6 is 0 Å². The average Bonchev–Trinajstić information content (AvgIpc) is 2.80. The van der Waals surface area contributed by atoms with Crippen LogP contribution < -0.4 is 0 Å². The first-order valence-electron chi connectivity index (χ1n) is 5.22. The molecule has 1 aromatic carbocycles. The summed E-state index contributed by atoms with van der Waals surface area (Å²) < 4.78 is 8.91. The SMILES string of the molecule is O=C1CC(c2cccc3c2C(=O)OC3=O)C(=O)O1. The van der Waals surface area contributed by atoms with Crippen LogP contribution in [0.4, 0.5) is 0 Å². The van der Waals surface area contributed by atoms with E-state index >= 15 is 0 Å². The summed E-state index contributed by atoms with van der Waals surface area (Å²) in [5.74, 6) is -3.72. The number of esters is 4. The van der Waals surface area contributed by atoms with Gasteiger partial charge in [-0.05, 0) is 11.6 Å². The molecular weight excluding hydrogens is 240 g/mol. The maximum atomic E-state index is 11.6. The first kappa shape index (κ1) is 10.6. The van der Waals surface area contributed by atoms with Crippen molar-refractivity contribution in [3.8, 4) is 0 Å². The van der Waals surface area contributed by atoms with Gasteiger partial charge in [0.05, 0.1) is 23.5 Å². The van der Waals surface area contributed by atoms with Crippen molar-refractivity contribution in [2.24, 2.45) is 0 Å². The lowest BCUT2D eigenvalue weighted by Gasteiger charge is -2.07. The van der Waals surface area contributed by atoms with E-state index in [9.17, 15) is 19.2 Å². The second-order valence-electron chi connectivity index (χ2n) is 4.00. The van der Waals surface area contributed by atoms with Gasteiger partial charge in [-0.2, -0.15) is 0 Å².